The number of aliphatic hydroxyl groups is 1. The van der Waals surface area contributed by atoms with Gasteiger partial charge in [0.15, 0.2) is 0 Å². The monoisotopic (exact) mass is 341 g/mol. The quantitative estimate of drug-likeness (QED) is 0.898. The predicted octanol–water partition coefficient (Wildman–Crippen LogP) is 1.84. The average molecular weight is 341 g/mol. The second-order valence-corrected chi connectivity index (χ2v) is 6.23. The summed E-state index contributed by atoms with van der Waals surface area (Å²) in [5.74, 6) is 0.751. The number of pyridine rings is 2. The molecule has 0 spiro atoms. The number of carbonyl (C=O) groups excluding carboxylic acids is 1. The first kappa shape index (κ1) is 17.4. The molecule has 1 amide bonds. The van der Waals surface area contributed by atoms with Gasteiger partial charge in [-0.25, -0.2) is 0 Å². The number of rotatable bonds is 5. The molecule has 0 radical (unpaired) electrons. The number of aliphatic hydroxyl groups excluding tert-OH is 1. The highest BCUT2D eigenvalue weighted by molar-refractivity contribution is 5.76. The van der Waals surface area contributed by atoms with Crippen LogP contribution < -0.4 is 4.74 Å². The van der Waals surface area contributed by atoms with E-state index in [1.54, 1.807) is 30.9 Å². The van der Waals surface area contributed by atoms with E-state index in [1.807, 2.05) is 23.1 Å². The third-order valence-electron chi connectivity index (χ3n) is 4.43. The van der Waals surface area contributed by atoms with Crippen LogP contribution in [0.3, 0.4) is 0 Å². The molecule has 1 saturated heterocycles. The van der Waals surface area contributed by atoms with Crippen molar-refractivity contribution < 1.29 is 14.6 Å². The number of amides is 1. The Hall–Kier alpha value is -2.47. The van der Waals surface area contributed by atoms with Crippen LogP contribution in [0.1, 0.15) is 24.8 Å². The van der Waals surface area contributed by atoms with Gasteiger partial charge in [-0.1, -0.05) is 6.07 Å². The van der Waals surface area contributed by atoms with E-state index in [4.69, 9.17) is 4.74 Å². The van der Waals surface area contributed by atoms with Gasteiger partial charge in [0, 0.05) is 44.5 Å². The fourth-order valence-corrected chi connectivity index (χ4v) is 3.00. The summed E-state index contributed by atoms with van der Waals surface area (Å²) in [6.07, 6.45) is 8.18. The van der Waals surface area contributed by atoms with Gasteiger partial charge in [0.05, 0.1) is 12.3 Å². The highest BCUT2D eigenvalue weighted by Gasteiger charge is 2.28. The number of aryl methyl sites for hydroxylation is 1. The van der Waals surface area contributed by atoms with Crippen molar-refractivity contribution in [1.82, 2.24) is 14.9 Å². The first-order valence-corrected chi connectivity index (χ1v) is 8.64. The van der Waals surface area contributed by atoms with Crippen molar-refractivity contribution in [2.45, 2.75) is 37.9 Å². The number of aromatic nitrogens is 2. The maximum atomic E-state index is 12.5. The lowest BCUT2D eigenvalue weighted by atomic mass is 10.1. The van der Waals surface area contributed by atoms with Crippen molar-refractivity contribution in [3.05, 3.63) is 54.6 Å². The first-order chi connectivity index (χ1) is 12.2. The zero-order valence-corrected chi connectivity index (χ0v) is 14.1. The molecule has 1 aliphatic heterocycles. The van der Waals surface area contributed by atoms with Crippen molar-refractivity contribution >= 4 is 5.91 Å². The van der Waals surface area contributed by atoms with Gasteiger partial charge >= 0.3 is 0 Å². The maximum absolute atomic E-state index is 12.5. The van der Waals surface area contributed by atoms with E-state index < -0.39 is 6.10 Å². The molecule has 25 heavy (non-hydrogen) atoms. The summed E-state index contributed by atoms with van der Waals surface area (Å²) < 4.78 is 5.85. The highest BCUT2D eigenvalue weighted by Crippen LogP contribution is 2.19. The van der Waals surface area contributed by atoms with Crippen molar-refractivity contribution in [2.24, 2.45) is 0 Å². The molecule has 1 N–H and O–H groups in total. The van der Waals surface area contributed by atoms with E-state index >= 15 is 0 Å². The number of nitrogens with zero attached hydrogens (tertiary/aromatic N) is 3. The largest absolute Gasteiger partial charge is 0.486 e. The number of hydrogen-bond donors (Lipinski definition) is 1. The van der Waals surface area contributed by atoms with Gasteiger partial charge in [-0.3, -0.25) is 14.8 Å². The van der Waals surface area contributed by atoms with Crippen LogP contribution in [0.25, 0.3) is 0 Å². The predicted molar refractivity (Wildman–Crippen MR) is 93.0 cm³/mol. The summed E-state index contributed by atoms with van der Waals surface area (Å²) >= 11 is 0. The summed E-state index contributed by atoms with van der Waals surface area (Å²) in [5.41, 5.74) is 1.06. The Bertz CT molecular complexity index is 666. The third kappa shape index (κ3) is 5.00. The lowest BCUT2D eigenvalue weighted by Crippen LogP contribution is -2.32. The van der Waals surface area contributed by atoms with Gasteiger partial charge < -0.3 is 14.7 Å². The van der Waals surface area contributed by atoms with Gasteiger partial charge in [0.25, 0.3) is 0 Å². The van der Waals surface area contributed by atoms with Crippen molar-refractivity contribution in [3.63, 3.8) is 0 Å². The Morgan fingerprint density at radius 1 is 1.16 bits per heavy atom. The summed E-state index contributed by atoms with van der Waals surface area (Å²) in [6, 6.07) is 7.47. The van der Waals surface area contributed by atoms with E-state index in [0.717, 1.165) is 5.56 Å². The highest BCUT2D eigenvalue weighted by atomic mass is 16.5. The van der Waals surface area contributed by atoms with Gasteiger partial charge in [0.2, 0.25) is 5.91 Å². The average Bonchev–Trinajstić information content (AvgIpc) is 2.84. The van der Waals surface area contributed by atoms with Crippen LogP contribution in [-0.4, -0.2) is 51.2 Å². The normalized spacial score (nSPS) is 20.8. The zero-order chi connectivity index (χ0) is 17.5. The van der Waals surface area contributed by atoms with E-state index in [1.165, 1.54) is 0 Å². The van der Waals surface area contributed by atoms with Crippen LogP contribution in [-0.2, 0) is 11.2 Å². The Kier molecular flexibility index (Phi) is 5.95. The Morgan fingerprint density at radius 2 is 1.92 bits per heavy atom. The van der Waals surface area contributed by atoms with Gasteiger partial charge in [-0.2, -0.15) is 0 Å². The molecule has 3 heterocycles. The van der Waals surface area contributed by atoms with Crippen LogP contribution in [0.15, 0.2) is 49.1 Å². The summed E-state index contributed by atoms with van der Waals surface area (Å²) in [7, 11) is 0. The summed E-state index contributed by atoms with van der Waals surface area (Å²) in [4.78, 5) is 22.4. The van der Waals surface area contributed by atoms with E-state index in [0.29, 0.717) is 44.5 Å². The number of ether oxygens (including phenoxy) is 1. The van der Waals surface area contributed by atoms with E-state index in [9.17, 15) is 9.90 Å². The topological polar surface area (TPSA) is 75.6 Å². The maximum Gasteiger partial charge on any atom is 0.222 e. The standard InChI is InChI=1S/C19H23N3O3/c23-17-7-11-22(19(24)6-5-15-3-1-9-20-13-15)12-8-18(17)25-16-4-2-10-21-14-16/h1-4,9-10,13-14,17-18,23H,5-8,11-12H2/t17-,18-/m0/s1. The molecule has 6 nitrogen and oxygen atoms in total. The second kappa shape index (κ2) is 8.58. The molecule has 2 atom stereocenters. The Morgan fingerprint density at radius 3 is 2.64 bits per heavy atom. The molecule has 132 valence electrons. The summed E-state index contributed by atoms with van der Waals surface area (Å²) in [5, 5.41) is 10.3. The van der Waals surface area contributed by atoms with Crippen LogP contribution in [0.5, 0.6) is 5.75 Å². The van der Waals surface area contributed by atoms with Crippen LogP contribution in [0.4, 0.5) is 0 Å². The van der Waals surface area contributed by atoms with Crippen LogP contribution in [0.2, 0.25) is 0 Å². The molecule has 2 aromatic heterocycles. The molecule has 0 aliphatic carbocycles. The minimum atomic E-state index is -0.587. The van der Waals surface area contributed by atoms with Crippen molar-refractivity contribution in [2.75, 3.05) is 13.1 Å². The minimum absolute atomic E-state index is 0.109. The number of likely N-dealkylation sites (tertiary alicyclic amines) is 1. The third-order valence-corrected chi connectivity index (χ3v) is 4.43. The Labute approximate surface area is 147 Å². The fraction of sp³-hybridized carbons (Fsp3) is 0.421. The molecule has 0 saturated carbocycles. The van der Waals surface area contributed by atoms with Crippen molar-refractivity contribution in [3.8, 4) is 5.75 Å². The van der Waals surface area contributed by atoms with E-state index in [2.05, 4.69) is 9.97 Å². The lowest BCUT2D eigenvalue weighted by Gasteiger charge is -2.21. The molecular weight excluding hydrogens is 318 g/mol. The van der Waals surface area contributed by atoms with Crippen LogP contribution in [0, 0.1) is 0 Å². The number of hydrogen-bond acceptors (Lipinski definition) is 5. The molecule has 2 aromatic rings. The molecule has 0 aromatic carbocycles. The number of carbonyl (C=O) groups is 1. The van der Waals surface area contributed by atoms with Crippen molar-refractivity contribution in [1.29, 1.82) is 0 Å². The first-order valence-electron chi connectivity index (χ1n) is 8.64. The molecule has 6 heteroatoms. The van der Waals surface area contributed by atoms with Gasteiger partial charge in [-0.05, 0) is 36.6 Å². The summed E-state index contributed by atoms with van der Waals surface area (Å²) in [6.45, 7) is 1.15. The van der Waals surface area contributed by atoms with Gasteiger partial charge in [-0.15, -0.1) is 0 Å². The molecule has 1 aliphatic rings. The fourth-order valence-electron chi connectivity index (χ4n) is 3.00. The lowest BCUT2D eigenvalue weighted by molar-refractivity contribution is -0.131. The SMILES string of the molecule is O=C(CCc1cccnc1)N1CC[C@H](Oc2cccnc2)[C@@H](O)CC1. The Balaban J connectivity index is 1.52. The molecule has 3 rings (SSSR count). The molecule has 1 fully saturated rings. The van der Waals surface area contributed by atoms with Crippen LogP contribution >= 0.6 is 0 Å². The zero-order valence-electron chi connectivity index (χ0n) is 14.1. The molecule has 0 unspecified atom stereocenters. The minimum Gasteiger partial charge on any atom is -0.486 e. The molecule has 0 bridgehead atoms. The van der Waals surface area contributed by atoms with Gasteiger partial charge in [0.1, 0.15) is 11.9 Å². The smallest absolute Gasteiger partial charge is 0.222 e. The van der Waals surface area contributed by atoms with E-state index in [-0.39, 0.29) is 12.0 Å². The second-order valence-electron chi connectivity index (χ2n) is 6.23. The molecular formula is C19H23N3O3.